The summed E-state index contributed by atoms with van der Waals surface area (Å²) in [4.78, 5) is 14.8. The average Bonchev–Trinajstić information content (AvgIpc) is 3.88. The van der Waals surface area contributed by atoms with Crippen molar-refractivity contribution in [3.05, 3.63) is 187 Å². The minimum Gasteiger partial charge on any atom is -0.501 e. The molecule has 5 nitrogen and oxygen atoms in total. The van der Waals surface area contributed by atoms with Crippen LogP contribution in [0.3, 0.4) is 0 Å². The van der Waals surface area contributed by atoms with E-state index in [1.54, 1.807) is 0 Å². The van der Waals surface area contributed by atoms with Gasteiger partial charge in [-0.15, -0.1) is 54.1 Å². The number of aromatic nitrogens is 4. The molecule has 7 heteroatoms. The number of benzene rings is 7. The number of hydrogen-bond donors (Lipinski definition) is 0. The first-order valence-corrected chi connectivity index (χ1v) is 25.7. The van der Waals surface area contributed by atoms with Crippen LogP contribution in [0.4, 0.5) is 0 Å². The first-order chi connectivity index (χ1) is 31.0. The van der Waals surface area contributed by atoms with Gasteiger partial charge in [0.05, 0.1) is 41.5 Å². The van der Waals surface area contributed by atoms with Crippen molar-refractivity contribution in [2.24, 2.45) is 0 Å². The number of fused-ring (bicyclic) bond motifs is 6. The third-order valence-electron chi connectivity index (χ3n) is 12.2. The van der Waals surface area contributed by atoms with Crippen molar-refractivity contribution in [3.8, 4) is 39.5 Å². The zero-order valence-electron chi connectivity index (χ0n) is 37.8. The van der Waals surface area contributed by atoms with Gasteiger partial charge in [0, 0.05) is 48.1 Å². The average molecular weight is 1040 g/mol. The van der Waals surface area contributed by atoms with E-state index in [0.29, 0.717) is 0 Å². The topological polar surface area (TPSA) is 56.7 Å². The molecule has 11 aromatic rings. The molecule has 0 aliphatic carbocycles. The fraction of sp³-hybridized carbons (Fsp3) is 0.155. The van der Waals surface area contributed by atoms with Gasteiger partial charge >= 0.3 is 0 Å². The molecule has 4 aromatic heterocycles. The van der Waals surface area contributed by atoms with E-state index in [1.807, 2.05) is 48.7 Å². The Morgan fingerprint density at radius 2 is 1.29 bits per heavy atom. The van der Waals surface area contributed by atoms with Crippen LogP contribution in [-0.4, -0.2) is 27.6 Å². The zero-order chi connectivity index (χ0) is 44.1. The second-order valence-electron chi connectivity index (χ2n) is 18.3. The van der Waals surface area contributed by atoms with Crippen LogP contribution in [0.25, 0.3) is 94.2 Å². The summed E-state index contributed by atoms with van der Waals surface area (Å²) in [5, 5.41) is 5.63. The van der Waals surface area contributed by atoms with E-state index in [4.69, 9.17) is 14.4 Å². The van der Waals surface area contributed by atoms with E-state index in [9.17, 15) is 0 Å². The minimum atomic E-state index is -1.23. The number of imidazole rings is 1. The molecule has 11 rings (SSSR count). The molecular formula is C58H50IrN4OSi-2. The fourth-order valence-electron chi connectivity index (χ4n) is 8.76. The van der Waals surface area contributed by atoms with Crippen molar-refractivity contribution < 1.29 is 24.5 Å². The van der Waals surface area contributed by atoms with Gasteiger partial charge in [0.2, 0.25) is 0 Å². The quantitative estimate of drug-likeness (QED) is 0.0907. The van der Waals surface area contributed by atoms with Gasteiger partial charge in [0.1, 0.15) is 5.58 Å². The van der Waals surface area contributed by atoms with E-state index in [2.05, 4.69) is 184 Å². The number of pyridine rings is 2. The predicted molar refractivity (Wildman–Crippen MR) is 271 cm³/mol. The molecule has 0 atom stereocenters. The summed E-state index contributed by atoms with van der Waals surface area (Å²) in [6.07, 6.45) is 2.02. The standard InChI is InChI=1S/C44H34N3O.C14H16NSi.Ir/c1-26(2)34-22-30(28-13-6-5-7-14-28)23-35(27(3)4)42(34)47-40-20-11-10-19-38(40)46-44(47)33-17-12-16-32-36-25-39-31(24-41(36)48-43(32)33)21-29-15-8-9-18-37(29)45-39;1-16(2,3)13-9-10-14(15-11-13)12-7-5-4-6-8-12;/h5-16,18-27H,1-4H3;4-7,9-11H,1-3H3;/q2*-1;. The Hall–Kier alpha value is -6.50. The molecule has 0 spiro atoms. The molecule has 0 N–H and O–H groups in total. The van der Waals surface area contributed by atoms with Gasteiger partial charge in [-0.25, -0.2) is 4.98 Å². The third-order valence-corrected chi connectivity index (χ3v) is 14.2. The number of hydrogen-bond acceptors (Lipinski definition) is 4. The van der Waals surface area contributed by atoms with Gasteiger partial charge < -0.3 is 14.0 Å². The second-order valence-corrected chi connectivity index (χ2v) is 23.4. The molecule has 0 aliphatic rings. The first-order valence-electron chi connectivity index (χ1n) is 22.2. The van der Waals surface area contributed by atoms with Gasteiger partial charge in [-0.2, -0.15) is 0 Å². The van der Waals surface area contributed by atoms with E-state index in [1.165, 1.54) is 33.1 Å². The van der Waals surface area contributed by atoms with Gasteiger partial charge in [-0.3, -0.25) is 4.98 Å². The molecule has 0 fully saturated rings. The summed E-state index contributed by atoms with van der Waals surface area (Å²) in [6, 6.07) is 61.7. The summed E-state index contributed by atoms with van der Waals surface area (Å²) >= 11 is 0. The summed E-state index contributed by atoms with van der Waals surface area (Å²) in [5.41, 5.74) is 14.7. The van der Waals surface area contributed by atoms with Crippen LogP contribution in [0.5, 0.6) is 0 Å². The maximum Gasteiger partial charge on any atom is 0.121 e. The Balaban J connectivity index is 0.000000266. The van der Waals surface area contributed by atoms with Crippen LogP contribution in [0.1, 0.15) is 50.7 Å². The van der Waals surface area contributed by atoms with E-state index in [-0.39, 0.29) is 31.9 Å². The molecule has 65 heavy (non-hydrogen) atoms. The number of nitrogens with zero attached hydrogens (tertiary/aromatic N) is 4. The maximum atomic E-state index is 6.77. The van der Waals surface area contributed by atoms with Crippen LogP contribution in [0, 0.1) is 12.1 Å². The van der Waals surface area contributed by atoms with Crippen LogP contribution < -0.4 is 5.19 Å². The monoisotopic (exact) mass is 1040 g/mol. The summed E-state index contributed by atoms with van der Waals surface area (Å²) < 4.78 is 9.12. The number of rotatable bonds is 7. The Morgan fingerprint density at radius 3 is 1.98 bits per heavy atom. The molecule has 0 unspecified atom stereocenters. The smallest absolute Gasteiger partial charge is 0.121 e. The Bertz CT molecular complexity index is 3450. The molecule has 0 aliphatic heterocycles. The zero-order valence-corrected chi connectivity index (χ0v) is 41.2. The van der Waals surface area contributed by atoms with Gasteiger partial charge in [-0.05, 0) is 93.5 Å². The summed E-state index contributed by atoms with van der Waals surface area (Å²) in [7, 11) is -1.23. The molecule has 323 valence electrons. The molecule has 1 radical (unpaired) electrons. The summed E-state index contributed by atoms with van der Waals surface area (Å²) in [6.45, 7) is 16.1. The van der Waals surface area contributed by atoms with Crippen molar-refractivity contribution in [1.82, 2.24) is 19.5 Å². The van der Waals surface area contributed by atoms with Gasteiger partial charge in [0.15, 0.2) is 0 Å². The Labute approximate surface area is 395 Å². The van der Waals surface area contributed by atoms with Crippen molar-refractivity contribution in [2.75, 3.05) is 0 Å². The van der Waals surface area contributed by atoms with Crippen molar-refractivity contribution in [2.45, 2.75) is 59.2 Å². The Kier molecular flexibility index (Phi) is 12.0. The summed E-state index contributed by atoms with van der Waals surface area (Å²) in [5.74, 6) is 1.37. The van der Waals surface area contributed by atoms with E-state index in [0.717, 1.165) is 77.4 Å². The van der Waals surface area contributed by atoms with Gasteiger partial charge in [0.25, 0.3) is 0 Å². The number of furan rings is 1. The van der Waals surface area contributed by atoms with E-state index < -0.39 is 8.07 Å². The largest absolute Gasteiger partial charge is 0.501 e. The van der Waals surface area contributed by atoms with Crippen molar-refractivity contribution >= 4 is 68.0 Å². The van der Waals surface area contributed by atoms with Crippen LogP contribution in [0.15, 0.2) is 168 Å². The van der Waals surface area contributed by atoms with E-state index >= 15 is 0 Å². The molecule has 0 amide bonds. The molecular weight excluding hydrogens is 989 g/mol. The molecule has 0 saturated carbocycles. The normalized spacial score (nSPS) is 11.8. The van der Waals surface area contributed by atoms with Gasteiger partial charge in [-0.1, -0.05) is 131 Å². The molecule has 0 saturated heterocycles. The number of para-hydroxylation sites is 3. The third kappa shape index (κ3) is 8.36. The fourth-order valence-corrected chi connectivity index (χ4v) is 9.80. The minimum absolute atomic E-state index is 0. The van der Waals surface area contributed by atoms with Crippen molar-refractivity contribution in [1.29, 1.82) is 0 Å². The van der Waals surface area contributed by atoms with Crippen molar-refractivity contribution in [3.63, 3.8) is 0 Å². The molecule has 0 bridgehead atoms. The maximum absolute atomic E-state index is 6.77. The van der Waals surface area contributed by atoms with Crippen LogP contribution in [-0.2, 0) is 20.1 Å². The molecule has 7 aromatic carbocycles. The SMILES string of the molecule is CC(C)c1cc(-c2ccccc2)cc(C(C)C)c1-n1c(-c2[c-]ccc3c2oc2cc4cc5ccccc5nc4cc23)nc2ccccc21.C[Si](C)(C)c1ccc(-c2[c-]cccc2)nc1.[Ir]. The van der Waals surface area contributed by atoms with Crippen LogP contribution in [0.2, 0.25) is 19.6 Å². The first kappa shape index (κ1) is 43.7. The Morgan fingerprint density at radius 1 is 0.585 bits per heavy atom. The second kappa shape index (κ2) is 17.8. The predicted octanol–water partition coefficient (Wildman–Crippen LogP) is 15.1. The van der Waals surface area contributed by atoms with Crippen LogP contribution >= 0.6 is 0 Å². The molecule has 4 heterocycles.